The summed E-state index contributed by atoms with van der Waals surface area (Å²) < 4.78 is 0. The Hall–Kier alpha value is -2.28. The molecule has 2 aromatic rings. The van der Waals surface area contributed by atoms with E-state index < -0.39 is 0 Å². The molecule has 0 aliphatic rings. The molecule has 0 amide bonds. The molecule has 0 aliphatic heterocycles. The van der Waals surface area contributed by atoms with Gasteiger partial charge >= 0.3 is 0 Å². The van der Waals surface area contributed by atoms with E-state index in [0.717, 1.165) is 17.8 Å². The van der Waals surface area contributed by atoms with E-state index in [1.54, 1.807) is 6.20 Å². The van der Waals surface area contributed by atoms with Crippen molar-refractivity contribution < 1.29 is 4.79 Å². The molecule has 0 aliphatic carbocycles. The fraction of sp³-hybridized carbons (Fsp3) is 0.600. The molecule has 2 heterocycles. The van der Waals surface area contributed by atoms with E-state index in [4.69, 9.17) is 16.3 Å². The van der Waals surface area contributed by atoms with E-state index in [0.29, 0.717) is 16.9 Å². The molecule has 7 heteroatoms. The predicted molar refractivity (Wildman–Crippen MR) is 117 cm³/mol. The fourth-order valence-electron chi connectivity index (χ4n) is 2.16. The van der Waals surface area contributed by atoms with Crippen LogP contribution in [0.4, 0.5) is 11.8 Å². The lowest BCUT2D eigenvalue weighted by Gasteiger charge is -2.08. The molecule has 0 fully saturated rings. The van der Waals surface area contributed by atoms with Gasteiger partial charge in [0.25, 0.3) is 0 Å². The highest BCUT2D eigenvalue weighted by atomic mass is 16.1. The number of carbonyl (C=O) groups is 1. The van der Waals surface area contributed by atoms with Gasteiger partial charge in [0.05, 0.1) is 5.52 Å². The first-order chi connectivity index (χ1) is 12.9. The number of rotatable bonds is 5. The molecule has 0 aromatic carbocycles. The number of nitrogens with one attached hydrogen (secondary N) is 1. The summed E-state index contributed by atoms with van der Waals surface area (Å²) in [4.78, 5) is 20.8. The van der Waals surface area contributed by atoms with Gasteiger partial charge in [0.1, 0.15) is 11.8 Å². The number of hydrogen-bond acceptors (Lipinski definition) is 7. The summed E-state index contributed by atoms with van der Waals surface area (Å²) in [6.07, 6.45) is 6.55. The van der Waals surface area contributed by atoms with Crippen LogP contribution in [0.5, 0.6) is 0 Å². The zero-order chi connectivity index (χ0) is 21.2. The number of aryl methyl sites for hydroxylation is 1. The monoisotopic (exact) mass is 378 g/mol. The summed E-state index contributed by atoms with van der Waals surface area (Å²) in [6.45, 7) is 13.1. The first kappa shape index (κ1) is 26.9. The van der Waals surface area contributed by atoms with Crippen LogP contribution in [-0.4, -0.2) is 34.8 Å². The van der Waals surface area contributed by atoms with E-state index in [1.807, 2.05) is 33.9 Å². The minimum absolute atomic E-state index is 0.178. The van der Waals surface area contributed by atoms with Crippen LogP contribution < -0.4 is 16.8 Å². The lowest BCUT2D eigenvalue weighted by molar-refractivity contribution is -0.106. The number of fused-ring (bicyclic) bond motifs is 1. The molecular weight excluding hydrogens is 340 g/mol. The van der Waals surface area contributed by atoms with Crippen molar-refractivity contribution in [1.29, 1.82) is 0 Å². The second kappa shape index (κ2) is 17.1. The number of pyridine rings is 1. The smallest absolute Gasteiger partial charge is 0.222 e. The van der Waals surface area contributed by atoms with Gasteiger partial charge in [-0.05, 0) is 51.4 Å². The lowest BCUT2D eigenvalue weighted by atomic mass is 10.1. The summed E-state index contributed by atoms with van der Waals surface area (Å²) in [5.74, 6) is 1.36. The van der Waals surface area contributed by atoms with Gasteiger partial charge in [-0.15, -0.1) is 0 Å². The van der Waals surface area contributed by atoms with Crippen molar-refractivity contribution in [2.45, 2.75) is 60.8 Å². The van der Waals surface area contributed by atoms with E-state index in [-0.39, 0.29) is 5.95 Å². The van der Waals surface area contributed by atoms with Crippen LogP contribution >= 0.6 is 0 Å². The summed E-state index contributed by atoms with van der Waals surface area (Å²) in [5.41, 5.74) is 13.4. The summed E-state index contributed by atoms with van der Waals surface area (Å²) in [5, 5.41) is 3.18. The average molecular weight is 379 g/mol. The van der Waals surface area contributed by atoms with Gasteiger partial charge in [-0.2, -0.15) is 4.98 Å². The number of nitrogens with two attached hydrogens (primary N) is 2. The number of aromatic nitrogens is 3. The second-order valence-corrected chi connectivity index (χ2v) is 5.89. The molecule has 2 rings (SSSR count). The molecule has 1 unspecified atom stereocenters. The first-order valence-corrected chi connectivity index (χ1v) is 9.59. The normalized spacial score (nSPS) is 10.3. The highest BCUT2D eigenvalue weighted by molar-refractivity contribution is 5.84. The third-order valence-electron chi connectivity index (χ3n) is 3.32. The molecule has 0 saturated heterocycles. The van der Waals surface area contributed by atoms with Gasteiger partial charge in [-0.3, -0.25) is 4.98 Å². The van der Waals surface area contributed by atoms with Crippen LogP contribution in [-0.2, 0) is 4.79 Å². The number of unbranched alkanes of at least 4 members (excludes halogenated alkanes) is 1. The van der Waals surface area contributed by atoms with Crippen molar-refractivity contribution in [3.8, 4) is 0 Å². The molecule has 7 nitrogen and oxygen atoms in total. The number of nitrogen functional groups attached to an aromatic ring is 2. The summed E-state index contributed by atoms with van der Waals surface area (Å²) in [6, 6.07) is 1.87. The molecule has 0 spiro atoms. The van der Waals surface area contributed by atoms with Gasteiger partial charge in [-0.25, -0.2) is 4.98 Å². The van der Waals surface area contributed by atoms with Crippen LogP contribution in [0.25, 0.3) is 11.0 Å². The van der Waals surface area contributed by atoms with Crippen LogP contribution in [0.2, 0.25) is 0 Å². The molecule has 5 N–H and O–H groups in total. The largest absolute Gasteiger partial charge is 0.382 e. The Kier molecular flexibility index (Phi) is 17.1. The van der Waals surface area contributed by atoms with Crippen LogP contribution in [0.15, 0.2) is 12.3 Å². The van der Waals surface area contributed by atoms with Crippen LogP contribution in [0.3, 0.4) is 0 Å². The van der Waals surface area contributed by atoms with Gasteiger partial charge in [-0.1, -0.05) is 40.5 Å². The molecule has 154 valence electrons. The number of carbonyl (C=O) groups excluding carboxylic acids is 1. The van der Waals surface area contributed by atoms with Crippen molar-refractivity contribution >= 4 is 29.1 Å². The van der Waals surface area contributed by atoms with Crippen molar-refractivity contribution in [2.24, 2.45) is 5.92 Å². The Morgan fingerprint density at radius 3 is 2.37 bits per heavy atom. The fourth-order valence-corrected chi connectivity index (χ4v) is 2.16. The van der Waals surface area contributed by atoms with Gasteiger partial charge < -0.3 is 21.6 Å². The molecule has 0 bridgehead atoms. The standard InChI is InChI=1S/C8H9N5.C8H19N.C2H4O.C2H6/c1-4-2-5-6(11-3-4)7(9)13-8(10)12-5;1-4-5-6-8(2)7-9-3;1-2-3;1-2/h2-3H,1H3,(H4,9,10,12,13);8-9H,4-7H2,1-3H3;2H,1H3;1-2H3. The van der Waals surface area contributed by atoms with E-state index in [2.05, 4.69) is 34.1 Å². The molecule has 1 atom stereocenters. The molecule has 0 radical (unpaired) electrons. The van der Waals surface area contributed by atoms with Crippen molar-refractivity contribution in [3.63, 3.8) is 0 Å². The third kappa shape index (κ3) is 12.7. The Bertz CT molecular complexity index is 628. The molecule has 27 heavy (non-hydrogen) atoms. The maximum Gasteiger partial charge on any atom is 0.222 e. The first-order valence-electron chi connectivity index (χ1n) is 9.59. The topological polar surface area (TPSA) is 120 Å². The predicted octanol–water partition coefficient (Wildman–Crippen LogP) is 3.76. The number of nitrogens with zero attached hydrogens (tertiary/aromatic N) is 3. The van der Waals surface area contributed by atoms with E-state index in [1.165, 1.54) is 32.7 Å². The maximum atomic E-state index is 8.81. The summed E-state index contributed by atoms with van der Waals surface area (Å²) in [7, 11) is 2.02. The minimum Gasteiger partial charge on any atom is -0.382 e. The van der Waals surface area contributed by atoms with E-state index in [9.17, 15) is 0 Å². The van der Waals surface area contributed by atoms with E-state index >= 15 is 0 Å². The Morgan fingerprint density at radius 2 is 1.85 bits per heavy atom. The highest BCUT2D eigenvalue weighted by Gasteiger charge is 2.03. The van der Waals surface area contributed by atoms with Crippen molar-refractivity contribution in [2.75, 3.05) is 25.1 Å². The van der Waals surface area contributed by atoms with Crippen molar-refractivity contribution in [3.05, 3.63) is 17.8 Å². The van der Waals surface area contributed by atoms with Gasteiger partial charge in [0.2, 0.25) is 5.95 Å². The second-order valence-electron chi connectivity index (χ2n) is 5.89. The average Bonchev–Trinajstić information content (AvgIpc) is 2.62. The maximum absolute atomic E-state index is 8.81. The molecular formula is C20H38N6O. The zero-order valence-electron chi connectivity index (χ0n) is 18.0. The van der Waals surface area contributed by atoms with Gasteiger partial charge in [0, 0.05) is 6.20 Å². The molecule has 0 saturated carbocycles. The highest BCUT2D eigenvalue weighted by Crippen LogP contribution is 2.16. The lowest BCUT2D eigenvalue weighted by Crippen LogP contribution is -2.15. The zero-order valence-corrected chi connectivity index (χ0v) is 18.0. The Balaban J connectivity index is 0. The Labute approximate surface area is 164 Å². The third-order valence-corrected chi connectivity index (χ3v) is 3.32. The minimum atomic E-state index is 0.178. The SMILES string of the molecule is CC.CC=O.CCCCC(C)CNC.Cc1cnc2c(N)nc(N)nc2c1. The number of anilines is 2. The number of hydrogen-bond donors (Lipinski definition) is 3. The molecule has 2 aromatic heterocycles. The van der Waals surface area contributed by atoms with Crippen molar-refractivity contribution in [1.82, 2.24) is 20.3 Å². The summed E-state index contributed by atoms with van der Waals surface area (Å²) >= 11 is 0. The Morgan fingerprint density at radius 1 is 1.26 bits per heavy atom. The quantitative estimate of drug-likeness (QED) is 0.677. The van der Waals surface area contributed by atoms with Gasteiger partial charge in [0.15, 0.2) is 5.82 Å². The number of aldehydes is 1. The van der Waals surface area contributed by atoms with Crippen LogP contribution in [0, 0.1) is 12.8 Å². The van der Waals surface area contributed by atoms with Crippen LogP contribution in [0.1, 0.15) is 59.4 Å².